The number of aryl methyl sites for hydroxylation is 1. The van der Waals surface area contributed by atoms with Crippen LogP contribution in [0.5, 0.6) is 0 Å². The second kappa shape index (κ2) is 6.70. The van der Waals surface area contributed by atoms with Crippen molar-refractivity contribution in [1.29, 1.82) is 0 Å². The molecule has 1 aromatic rings. The van der Waals surface area contributed by atoms with Gasteiger partial charge in [0.05, 0.1) is 0 Å². The number of likely N-dealkylation sites (tertiary alicyclic amines) is 1. The van der Waals surface area contributed by atoms with Crippen molar-refractivity contribution in [2.24, 2.45) is 5.73 Å². The van der Waals surface area contributed by atoms with E-state index < -0.39 is 0 Å². The maximum atomic E-state index is 6.29. The third kappa shape index (κ3) is 3.60. The van der Waals surface area contributed by atoms with Crippen LogP contribution < -0.4 is 5.73 Å². The molecule has 0 saturated carbocycles. The molecule has 2 rings (SSSR count). The van der Waals surface area contributed by atoms with Crippen LogP contribution in [0.1, 0.15) is 36.9 Å². The van der Waals surface area contributed by atoms with Gasteiger partial charge in [-0.05, 0) is 59.4 Å². The van der Waals surface area contributed by atoms with Gasteiger partial charge >= 0.3 is 0 Å². The Balaban J connectivity index is 2.13. The predicted octanol–water partition coefficient (Wildman–Crippen LogP) is 2.41. The lowest BCUT2D eigenvalue weighted by Crippen LogP contribution is -2.47. The van der Waals surface area contributed by atoms with E-state index in [9.17, 15) is 0 Å². The maximum absolute atomic E-state index is 6.29. The van der Waals surface area contributed by atoms with Crippen molar-refractivity contribution in [2.75, 3.05) is 27.2 Å². The van der Waals surface area contributed by atoms with Gasteiger partial charge in [-0.2, -0.15) is 0 Å². The quantitative estimate of drug-likeness (QED) is 0.916. The van der Waals surface area contributed by atoms with Crippen LogP contribution in [0.4, 0.5) is 0 Å². The summed E-state index contributed by atoms with van der Waals surface area (Å²) in [6, 6.07) is 9.93. The molecule has 2 unspecified atom stereocenters. The Kier molecular flexibility index (Phi) is 5.19. The monoisotopic (exact) mass is 275 g/mol. The van der Waals surface area contributed by atoms with E-state index >= 15 is 0 Å². The largest absolute Gasteiger partial charge is 0.326 e. The molecule has 0 bridgehead atoms. The van der Waals surface area contributed by atoms with Gasteiger partial charge in [-0.25, -0.2) is 0 Å². The van der Waals surface area contributed by atoms with Crippen LogP contribution in [0.3, 0.4) is 0 Å². The zero-order valence-electron chi connectivity index (χ0n) is 13.3. The molecule has 1 fully saturated rings. The first kappa shape index (κ1) is 15.5. The summed E-state index contributed by atoms with van der Waals surface area (Å²) in [5.74, 6) is 0. The number of hydrogen-bond acceptors (Lipinski definition) is 3. The average Bonchev–Trinajstić information content (AvgIpc) is 2.41. The van der Waals surface area contributed by atoms with Gasteiger partial charge in [-0.3, -0.25) is 4.90 Å². The van der Waals surface area contributed by atoms with Crippen LogP contribution in [0.15, 0.2) is 24.3 Å². The van der Waals surface area contributed by atoms with Gasteiger partial charge in [0.2, 0.25) is 0 Å². The van der Waals surface area contributed by atoms with Crippen LogP contribution in [-0.2, 0) is 0 Å². The lowest BCUT2D eigenvalue weighted by Gasteiger charge is -2.41. The van der Waals surface area contributed by atoms with E-state index in [-0.39, 0.29) is 6.04 Å². The van der Waals surface area contributed by atoms with E-state index in [0.29, 0.717) is 12.1 Å². The molecular formula is C17H29N3. The molecule has 0 amide bonds. The molecular weight excluding hydrogens is 246 g/mol. The van der Waals surface area contributed by atoms with Crippen molar-refractivity contribution < 1.29 is 0 Å². The summed E-state index contributed by atoms with van der Waals surface area (Å²) < 4.78 is 0. The Morgan fingerprint density at radius 1 is 1.20 bits per heavy atom. The highest BCUT2D eigenvalue weighted by molar-refractivity contribution is 5.25. The van der Waals surface area contributed by atoms with Gasteiger partial charge in [0.25, 0.3) is 0 Å². The number of likely N-dealkylation sites (N-methyl/N-ethyl adjacent to an activating group) is 1. The molecule has 1 aliphatic heterocycles. The zero-order chi connectivity index (χ0) is 14.7. The van der Waals surface area contributed by atoms with E-state index in [1.807, 2.05) is 0 Å². The Labute approximate surface area is 123 Å². The number of nitrogens with zero attached hydrogens (tertiary/aromatic N) is 2. The molecule has 112 valence electrons. The summed E-state index contributed by atoms with van der Waals surface area (Å²) in [7, 11) is 4.45. The molecule has 2 atom stereocenters. The summed E-state index contributed by atoms with van der Waals surface area (Å²) in [4.78, 5) is 4.92. The number of nitrogens with two attached hydrogens (primary N) is 1. The number of benzene rings is 1. The van der Waals surface area contributed by atoms with Gasteiger partial charge in [0.1, 0.15) is 0 Å². The first-order valence-corrected chi connectivity index (χ1v) is 7.71. The molecule has 1 aromatic carbocycles. The molecule has 1 saturated heterocycles. The van der Waals surface area contributed by atoms with Crippen LogP contribution in [0.2, 0.25) is 0 Å². The number of piperidine rings is 1. The molecule has 0 aliphatic carbocycles. The molecule has 0 spiro atoms. The molecule has 3 nitrogen and oxygen atoms in total. The fraction of sp³-hybridized carbons (Fsp3) is 0.647. The summed E-state index contributed by atoms with van der Waals surface area (Å²) in [6.07, 6.45) is 2.48. The minimum Gasteiger partial charge on any atom is -0.326 e. The minimum absolute atomic E-state index is 0.141. The van der Waals surface area contributed by atoms with Gasteiger partial charge in [-0.15, -0.1) is 0 Å². The first-order chi connectivity index (χ1) is 9.49. The van der Waals surface area contributed by atoms with E-state index in [1.54, 1.807) is 0 Å². The van der Waals surface area contributed by atoms with Crippen molar-refractivity contribution in [1.82, 2.24) is 9.80 Å². The van der Waals surface area contributed by atoms with Crippen molar-refractivity contribution in [3.05, 3.63) is 35.4 Å². The van der Waals surface area contributed by atoms with Crippen molar-refractivity contribution in [2.45, 2.75) is 44.8 Å². The highest BCUT2D eigenvalue weighted by Gasteiger charge is 2.28. The van der Waals surface area contributed by atoms with Crippen LogP contribution in [0, 0.1) is 6.92 Å². The third-order valence-corrected chi connectivity index (χ3v) is 4.62. The molecule has 3 heteroatoms. The number of hydrogen-bond donors (Lipinski definition) is 1. The normalized spacial score (nSPS) is 21.1. The SMILES string of the molecule is Cc1ccc(C(C(C)N)N(C)C2CCN(C)CC2)cc1. The summed E-state index contributed by atoms with van der Waals surface area (Å²) in [5, 5.41) is 0. The van der Waals surface area contributed by atoms with E-state index in [1.165, 1.54) is 37.1 Å². The Hall–Kier alpha value is -0.900. The lowest BCUT2D eigenvalue weighted by atomic mass is 9.94. The van der Waals surface area contributed by atoms with Crippen molar-refractivity contribution >= 4 is 0 Å². The first-order valence-electron chi connectivity index (χ1n) is 7.71. The second-order valence-corrected chi connectivity index (χ2v) is 6.41. The minimum atomic E-state index is 0.141. The third-order valence-electron chi connectivity index (χ3n) is 4.62. The summed E-state index contributed by atoms with van der Waals surface area (Å²) in [5.41, 5.74) is 8.93. The molecule has 1 aliphatic rings. The smallest absolute Gasteiger partial charge is 0.0496 e. The van der Waals surface area contributed by atoms with Gasteiger partial charge in [0, 0.05) is 18.1 Å². The predicted molar refractivity (Wildman–Crippen MR) is 85.9 cm³/mol. The standard InChI is InChI=1S/C17H29N3/c1-13-5-7-15(8-6-13)17(14(2)18)20(4)16-9-11-19(3)12-10-16/h5-8,14,16-17H,9-12,18H2,1-4H3. The van der Waals surface area contributed by atoms with Crippen LogP contribution in [-0.4, -0.2) is 49.1 Å². The van der Waals surface area contributed by atoms with Crippen LogP contribution in [0.25, 0.3) is 0 Å². The van der Waals surface area contributed by atoms with Crippen molar-refractivity contribution in [3.63, 3.8) is 0 Å². The van der Waals surface area contributed by atoms with E-state index in [4.69, 9.17) is 5.73 Å². The Morgan fingerprint density at radius 3 is 2.25 bits per heavy atom. The Bertz CT molecular complexity index is 405. The molecule has 0 aromatic heterocycles. The van der Waals surface area contributed by atoms with Crippen LogP contribution >= 0.6 is 0 Å². The fourth-order valence-corrected chi connectivity index (χ4v) is 3.30. The second-order valence-electron chi connectivity index (χ2n) is 6.41. The molecule has 20 heavy (non-hydrogen) atoms. The van der Waals surface area contributed by atoms with Gasteiger partial charge in [0.15, 0.2) is 0 Å². The zero-order valence-corrected chi connectivity index (χ0v) is 13.3. The number of rotatable bonds is 4. The van der Waals surface area contributed by atoms with Gasteiger partial charge in [-0.1, -0.05) is 29.8 Å². The molecule has 0 radical (unpaired) electrons. The van der Waals surface area contributed by atoms with E-state index in [0.717, 1.165) is 0 Å². The molecule has 2 N–H and O–H groups in total. The molecule has 1 heterocycles. The van der Waals surface area contributed by atoms with Gasteiger partial charge < -0.3 is 10.6 Å². The topological polar surface area (TPSA) is 32.5 Å². The highest BCUT2D eigenvalue weighted by atomic mass is 15.2. The Morgan fingerprint density at radius 2 is 1.75 bits per heavy atom. The van der Waals surface area contributed by atoms with Crippen molar-refractivity contribution in [3.8, 4) is 0 Å². The van der Waals surface area contributed by atoms with E-state index in [2.05, 4.69) is 62.0 Å². The highest BCUT2D eigenvalue weighted by Crippen LogP contribution is 2.28. The fourth-order valence-electron chi connectivity index (χ4n) is 3.30. The summed E-state index contributed by atoms with van der Waals surface area (Å²) >= 11 is 0. The summed E-state index contributed by atoms with van der Waals surface area (Å²) in [6.45, 7) is 6.63. The average molecular weight is 275 g/mol. The lowest BCUT2D eigenvalue weighted by molar-refractivity contribution is 0.0969. The maximum Gasteiger partial charge on any atom is 0.0496 e.